The van der Waals surface area contributed by atoms with E-state index in [1.165, 1.54) is 0 Å². The summed E-state index contributed by atoms with van der Waals surface area (Å²) < 4.78 is 0. The third-order valence-corrected chi connectivity index (χ3v) is 2.53. The molecule has 1 aliphatic rings. The van der Waals surface area contributed by atoms with E-state index in [-0.39, 0.29) is 16.1 Å². The van der Waals surface area contributed by atoms with Crippen LogP contribution in [0.5, 0.6) is 0 Å². The molecule has 98 valence electrons. The number of hydrogen-bond acceptors (Lipinski definition) is 5. The van der Waals surface area contributed by atoms with E-state index in [0.717, 1.165) is 12.8 Å². The zero-order chi connectivity index (χ0) is 13.3. The van der Waals surface area contributed by atoms with Crippen LogP contribution in [0.1, 0.15) is 33.6 Å². The van der Waals surface area contributed by atoms with Gasteiger partial charge in [0.25, 0.3) is 0 Å². The van der Waals surface area contributed by atoms with E-state index in [0.29, 0.717) is 17.5 Å². The zero-order valence-electron chi connectivity index (χ0n) is 10.9. The minimum absolute atomic E-state index is 0.0272. The van der Waals surface area contributed by atoms with Gasteiger partial charge in [0.15, 0.2) is 0 Å². The molecule has 1 aliphatic carbocycles. The van der Waals surface area contributed by atoms with Gasteiger partial charge in [0.05, 0.1) is 4.92 Å². The lowest BCUT2D eigenvalue weighted by Gasteiger charge is -2.22. The molecule has 0 aromatic carbocycles. The van der Waals surface area contributed by atoms with Crippen molar-refractivity contribution in [2.75, 3.05) is 10.6 Å². The lowest BCUT2D eigenvalue weighted by Crippen LogP contribution is -2.26. The average Bonchev–Trinajstić information content (AvgIpc) is 2.98. The van der Waals surface area contributed by atoms with Crippen LogP contribution in [0.2, 0.25) is 0 Å². The monoisotopic (exact) mass is 250 g/mol. The maximum atomic E-state index is 11.2. The van der Waals surface area contributed by atoms with Crippen LogP contribution in [0.25, 0.3) is 0 Å². The lowest BCUT2D eigenvalue weighted by molar-refractivity contribution is -0.383. The molecule has 0 atom stereocenters. The van der Waals surface area contributed by atoms with Crippen LogP contribution in [-0.4, -0.2) is 21.5 Å². The summed E-state index contributed by atoms with van der Waals surface area (Å²) in [6.07, 6.45) is 3.69. The van der Waals surface area contributed by atoms with Crippen LogP contribution in [0.4, 0.5) is 17.2 Å². The Bertz CT molecular complexity index is 464. The van der Waals surface area contributed by atoms with Crippen molar-refractivity contribution in [3.05, 3.63) is 22.4 Å². The molecule has 1 aromatic heterocycles. The average molecular weight is 250 g/mol. The fraction of sp³-hybridized carbons (Fsp3) is 0.583. The van der Waals surface area contributed by atoms with Gasteiger partial charge in [-0.05, 0) is 39.7 Å². The number of hydrogen-bond donors (Lipinski definition) is 2. The SMILES string of the molecule is CC(C)(C)Nc1ccnc(NC2CC2)c1[N+](=O)[O-]. The van der Waals surface area contributed by atoms with Crippen molar-refractivity contribution in [1.29, 1.82) is 0 Å². The van der Waals surface area contributed by atoms with Gasteiger partial charge >= 0.3 is 5.69 Å². The molecule has 6 heteroatoms. The van der Waals surface area contributed by atoms with Crippen LogP contribution in [-0.2, 0) is 0 Å². The van der Waals surface area contributed by atoms with Crippen LogP contribution in [0.15, 0.2) is 12.3 Å². The first kappa shape index (κ1) is 12.6. The molecule has 0 saturated heterocycles. The summed E-state index contributed by atoms with van der Waals surface area (Å²) in [4.78, 5) is 14.9. The topological polar surface area (TPSA) is 80.1 Å². The Morgan fingerprint density at radius 3 is 2.61 bits per heavy atom. The Labute approximate surface area is 106 Å². The van der Waals surface area contributed by atoms with Gasteiger partial charge in [-0.3, -0.25) is 10.1 Å². The molecule has 0 aliphatic heterocycles. The van der Waals surface area contributed by atoms with Gasteiger partial charge < -0.3 is 10.6 Å². The number of nitrogens with zero attached hydrogens (tertiary/aromatic N) is 2. The van der Waals surface area contributed by atoms with E-state index in [1.807, 2.05) is 20.8 Å². The number of nitro groups is 1. The van der Waals surface area contributed by atoms with Gasteiger partial charge in [-0.2, -0.15) is 0 Å². The summed E-state index contributed by atoms with van der Waals surface area (Å²) in [5.41, 5.74) is 0.299. The summed E-state index contributed by atoms with van der Waals surface area (Å²) in [6.45, 7) is 5.89. The second-order valence-corrected chi connectivity index (χ2v) is 5.61. The molecule has 2 rings (SSSR count). The zero-order valence-corrected chi connectivity index (χ0v) is 10.9. The molecule has 0 unspecified atom stereocenters. The Hall–Kier alpha value is -1.85. The normalized spacial score (nSPS) is 15.3. The maximum absolute atomic E-state index is 11.2. The molecule has 0 spiro atoms. The van der Waals surface area contributed by atoms with Crippen molar-refractivity contribution in [3.8, 4) is 0 Å². The van der Waals surface area contributed by atoms with Crippen LogP contribution in [0, 0.1) is 10.1 Å². The molecule has 18 heavy (non-hydrogen) atoms. The summed E-state index contributed by atoms with van der Waals surface area (Å²) in [7, 11) is 0. The van der Waals surface area contributed by atoms with E-state index in [1.54, 1.807) is 12.3 Å². The molecule has 0 amide bonds. The van der Waals surface area contributed by atoms with Crippen LogP contribution < -0.4 is 10.6 Å². The van der Waals surface area contributed by atoms with Gasteiger partial charge in [0.1, 0.15) is 5.69 Å². The van der Waals surface area contributed by atoms with Crippen LogP contribution in [0.3, 0.4) is 0 Å². The molecule has 6 nitrogen and oxygen atoms in total. The lowest BCUT2D eigenvalue weighted by atomic mass is 10.1. The quantitative estimate of drug-likeness (QED) is 0.634. The van der Waals surface area contributed by atoms with E-state index in [4.69, 9.17) is 0 Å². The van der Waals surface area contributed by atoms with Crippen molar-refractivity contribution in [1.82, 2.24) is 4.98 Å². The Balaban J connectivity index is 2.35. The minimum atomic E-state index is -0.383. The molecule has 1 heterocycles. The van der Waals surface area contributed by atoms with Crippen molar-refractivity contribution in [2.45, 2.75) is 45.2 Å². The fourth-order valence-electron chi connectivity index (χ4n) is 1.67. The predicted molar refractivity (Wildman–Crippen MR) is 70.9 cm³/mol. The van der Waals surface area contributed by atoms with Gasteiger partial charge in [-0.15, -0.1) is 0 Å². The molecule has 0 radical (unpaired) electrons. The second kappa shape index (κ2) is 4.44. The smallest absolute Gasteiger partial charge is 0.334 e. The Morgan fingerprint density at radius 1 is 1.44 bits per heavy atom. The van der Waals surface area contributed by atoms with E-state index < -0.39 is 0 Å². The molecule has 2 N–H and O–H groups in total. The van der Waals surface area contributed by atoms with Crippen molar-refractivity contribution >= 4 is 17.2 Å². The van der Waals surface area contributed by atoms with Gasteiger partial charge in [0.2, 0.25) is 5.82 Å². The summed E-state index contributed by atoms with van der Waals surface area (Å²) in [6, 6.07) is 1.97. The fourth-order valence-corrected chi connectivity index (χ4v) is 1.67. The van der Waals surface area contributed by atoms with Gasteiger partial charge in [0, 0.05) is 17.8 Å². The number of pyridine rings is 1. The molecular formula is C12H18N4O2. The van der Waals surface area contributed by atoms with Crippen molar-refractivity contribution in [2.24, 2.45) is 0 Å². The van der Waals surface area contributed by atoms with Gasteiger partial charge in [-0.1, -0.05) is 0 Å². The number of aromatic nitrogens is 1. The Kier molecular flexibility index (Phi) is 3.11. The highest BCUT2D eigenvalue weighted by atomic mass is 16.6. The molecule has 1 aromatic rings. The first-order valence-electron chi connectivity index (χ1n) is 6.05. The summed E-state index contributed by atoms with van der Waals surface area (Å²) in [5.74, 6) is 0.358. The van der Waals surface area contributed by atoms with E-state index in [9.17, 15) is 10.1 Å². The van der Waals surface area contributed by atoms with Crippen LogP contribution >= 0.6 is 0 Å². The number of rotatable bonds is 4. The van der Waals surface area contributed by atoms with Crippen molar-refractivity contribution in [3.63, 3.8) is 0 Å². The maximum Gasteiger partial charge on any atom is 0.334 e. The third kappa shape index (κ3) is 3.09. The minimum Gasteiger partial charge on any atom is -0.375 e. The molecular weight excluding hydrogens is 232 g/mol. The van der Waals surface area contributed by atoms with E-state index in [2.05, 4.69) is 15.6 Å². The largest absolute Gasteiger partial charge is 0.375 e. The standard InChI is InChI=1S/C12H18N4O2/c1-12(2,3)15-9-6-7-13-11(10(9)16(17)18)14-8-4-5-8/h6-8H,4-5H2,1-3H3,(H2,13,14,15). The second-order valence-electron chi connectivity index (χ2n) is 5.61. The Morgan fingerprint density at radius 2 is 2.11 bits per heavy atom. The molecule has 1 saturated carbocycles. The highest BCUT2D eigenvalue weighted by Crippen LogP contribution is 2.35. The third-order valence-electron chi connectivity index (χ3n) is 2.53. The predicted octanol–water partition coefficient (Wildman–Crippen LogP) is 2.77. The summed E-state index contributed by atoms with van der Waals surface area (Å²) in [5, 5.41) is 17.5. The first-order chi connectivity index (χ1) is 8.37. The number of anilines is 2. The first-order valence-corrected chi connectivity index (χ1v) is 6.05. The van der Waals surface area contributed by atoms with E-state index >= 15 is 0 Å². The highest BCUT2D eigenvalue weighted by Gasteiger charge is 2.28. The highest BCUT2D eigenvalue weighted by molar-refractivity contribution is 5.73. The number of nitrogens with one attached hydrogen (secondary N) is 2. The molecule has 0 bridgehead atoms. The van der Waals surface area contributed by atoms with Gasteiger partial charge in [-0.25, -0.2) is 4.98 Å². The molecule has 1 fully saturated rings. The summed E-state index contributed by atoms with van der Waals surface area (Å²) >= 11 is 0. The van der Waals surface area contributed by atoms with Crippen molar-refractivity contribution < 1.29 is 4.92 Å².